The maximum atomic E-state index is 13.6. The molecule has 1 N–H and O–H groups in total. The number of rotatable bonds is 6. The predicted octanol–water partition coefficient (Wildman–Crippen LogP) is 3.48. The first-order chi connectivity index (χ1) is 18.6. The number of hydrogen-bond donors (Lipinski definition) is 1. The van der Waals surface area contributed by atoms with Crippen molar-refractivity contribution in [2.75, 3.05) is 46.0 Å². The fourth-order valence-electron chi connectivity index (χ4n) is 6.27. The minimum atomic E-state index is 0.0191. The van der Waals surface area contributed by atoms with E-state index in [2.05, 4.69) is 27.5 Å². The lowest BCUT2D eigenvalue weighted by atomic mass is 10.0. The summed E-state index contributed by atoms with van der Waals surface area (Å²) in [5.74, 6) is 2.56. The highest BCUT2D eigenvalue weighted by atomic mass is 16.5. The smallest absolute Gasteiger partial charge is 0.254 e. The number of nitrogens with one attached hydrogen (secondary N) is 1. The van der Waals surface area contributed by atoms with Crippen molar-refractivity contribution in [3.63, 3.8) is 0 Å². The number of carbonyl (C=O) groups excluding carboxylic acids is 2. The Hall–Kier alpha value is -3.46. The first-order valence-corrected chi connectivity index (χ1v) is 13.9. The van der Waals surface area contributed by atoms with Crippen LogP contribution in [0.4, 0.5) is 0 Å². The first kappa shape index (κ1) is 23.6. The van der Waals surface area contributed by atoms with Crippen molar-refractivity contribution in [3.8, 4) is 5.75 Å². The normalized spacial score (nSPS) is 23.7. The van der Waals surface area contributed by atoms with Gasteiger partial charge in [0.2, 0.25) is 0 Å². The monoisotopic (exact) mass is 515 g/mol. The summed E-state index contributed by atoms with van der Waals surface area (Å²) in [6.45, 7) is 4.99. The number of H-pyrrole nitrogens is 1. The fraction of sp³-hybridized carbons (Fsp3) is 0.517. The molecule has 4 aliphatic rings. The molecule has 38 heavy (non-hydrogen) atoms. The molecule has 4 fully saturated rings. The number of hydrogen-bond acceptors (Lipinski definition) is 6. The summed E-state index contributed by atoms with van der Waals surface area (Å²) in [6.07, 6.45) is 4.41. The molecule has 2 atom stereocenters. The zero-order valence-electron chi connectivity index (χ0n) is 21.5. The van der Waals surface area contributed by atoms with Crippen LogP contribution >= 0.6 is 0 Å². The van der Waals surface area contributed by atoms with Crippen LogP contribution in [-0.2, 0) is 4.74 Å². The SMILES string of the molecule is O=C(c1cc(OCC2CCOCC2)cc(C2CC2)c1)N1C[C@H]2CN(C(=O)c3ccc4[nH]nnc4c3)C[C@@H]2C1. The van der Waals surface area contributed by atoms with Crippen molar-refractivity contribution < 1.29 is 19.1 Å². The quantitative estimate of drug-likeness (QED) is 0.540. The number of nitrogens with zero attached hydrogens (tertiary/aromatic N) is 4. The molecule has 0 bridgehead atoms. The summed E-state index contributed by atoms with van der Waals surface area (Å²) in [5.41, 5.74) is 4.08. The fourth-order valence-corrected chi connectivity index (χ4v) is 6.27. The third-order valence-electron chi connectivity index (χ3n) is 8.68. The van der Waals surface area contributed by atoms with E-state index >= 15 is 0 Å². The molecule has 198 valence electrons. The van der Waals surface area contributed by atoms with Crippen molar-refractivity contribution in [2.24, 2.45) is 17.8 Å². The molecule has 2 aromatic carbocycles. The number of aromatic nitrogens is 3. The largest absolute Gasteiger partial charge is 0.493 e. The summed E-state index contributed by atoms with van der Waals surface area (Å²) in [7, 11) is 0. The van der Waals surface area contributed by atoms with Gasteiger partial charge in [0.1, 0.15) is 11.3 Å². The minimum absolute atomic E-state index is 0.0191. The van der Waals surface area contributed by atoms with Crippen molar-refractivity contribution in [2.45, 2.75) is 31.6 Å². The van der Waals surface area contributed by atoms with Crippen LogP contribution in [0.2, 0.25) is 0 Å². The number of benzene rings is 2. The second-order valence-electron chi connectivity index (χ2n) is 11.4. The Kier molecular flexibility index (Phi) is 6.03. The molecule has 0 spiro atoms. The third kappa shape index (κ3) is 4.64. The molecule has 3 aromatic rings. The summed E-state index contributed by atoms with van der Waals surface area (Å²) in [6, 6.07) is 11.6. The van der Waals surface area contributed by atoms with Gasteiger partial charge >= 0.3 is 0 Å². The molecule has 7 rings (SSSR count). The summed E-state index contributed by atoms with van der Waals surface area (Å²) in [4.78, 5) is 30.7. The Morgan fingerprint density at radius 1 is 0.895 bits per heavy atom. The standard InChI is InChI=1S/C29H33N5O4/c35-28(20-3-4-26-27(12-20)31-32-30-26)33-13-23-15-34(16-24(23)14-33)29(36)22-9-21(19-1-2-19)10-25(11-22)38-17-18-5-7-37-8-6-18/h3-4,9-12,18-19,23-24H,1-2,5-8,13-17H2,(H,30,31,32)/t23-,24-/m1/s1. The van der Waals surface area contributed by atoms with Gasteiger partial charge < -0.3 is 19.3 Å². The van der Waals surface area contributed by atoms with E-state index in [1.165, 1.54) is 18.4 Å². The van der Waals surface area contributed by atoms with E-state index in [1.807, 2.05) is 28.0 Å². The molecule has 3 aliphatic heterocycles. The van der Waals surface area contributed by atoms with Gasteiger partial charge in [0.25, 0.3) is 11.8 Å². The molecule has 1 aromatic heterocycles. The Morgan fingerprint density at radius 3 is 2.32 bits per heavy atom. The molecule has 4 heterocycles. The molecule has 0 unspecified atom stereocenters. The van der Waals surface area contributed by atoms with Crippen LogP contribution in [0, 0.1) is 17.8 Å². The topological polar surface area (TPSA) is 101 Å². The molecule has 0 radical (unpaired) electrons. The van der Waals surface area contributed by atoms with E-state index in [0.717, 1.165) is 42.9 Å². The van der Waals surface area contributed by atoms with Crippen LogP contribution < -0.4 is 4.74 Å². The lowest BCUT2D eigenvalue weighted by Gasteiger charge is -2.23. The summed E-state index contributed by atoms with van der Waals surface area (Å²) < 4.78 is 11.7. The van der Waals surface area contributed by atoms with Crippen molar-refractivity contribution >= 4 is 22.8 Å². The Morgan fingerprint density at radius 2 is 1.61 bits per heavy atom. The summed E-state index contributed by atoms with van der Waals surface area (Å²) in [5, 5.41) is 10.7. The molecule has 9 heteroatoms. The molecule has 1 saturated carbocycles. The average molecular weight is 516 g/mol. The number of carbonyl (C=O) groups is 2. The van der Waals surface area contributed by atoms with Gasteiger partial charge in [-0.15, -0.1) is 5.10 Å². The van der Waals surface area contributed by atoms with Gasteiger partial charge in [-0.2, -0.15) is 0 Å². The maximum absolute atomic E-state index is 13.6. The van der Waals surface area contributed by atoms with Crippen LogP contribution in [-0.4, -0.2) is 83.0 Å². The number of likely N-dealkylation sites (tertiary alicyclic amines) is 2. The second kappa shape index (κ2) is 9.69. The molecule has 2 amide bonds. The first-order valence-electron chi connectivity index (χ1n) is 13.9. The number of ether oxygens (including phenoxy) is 2. The van der Waals surface area contributed by atoms with Crippen LogP contribution in [0.3, 0.4) is 0 Å². The highest BCUT2D eigenvalue weighted by molar-refractivity contribution is 5.97. The molecular weight excluding hydrogens is 482 g/mol. The van der Waals surface area contributed by atoms with Crippen molar-refractivity contribution in [3.05, 3.63) is 53.1 Å². The Balaban J connectivity index is 1.01. The van der Waals surface area contributed by atoms with E-state index in [1.54, 1.807) is 6.07 Å². The van der Waals surface area contributed by atoms with Gasteiger partial charge in [0, 0.05) is 62.4 Å². The van der Waals surface area contributed by atoms with Crippen molar-refractivity contribution in [1.29, 1.82) is 0 Å². The van der Waals surface area contributed by atoms with Crippen LogP contribution in [0.1, 0.15) is 57.9 Å². The van der Waals surface area contributed by atoms with Crippen molar-refractivity contribution in [1.82, 2.24) is 25.2 Å². The Labute approximate surface area is 221 Å². The number of fused-ring (bicyclic) bond motifs is 2. The van der Waals surface area contributed by atoms with E-state index in [9.17, 15) is 9.59 Å². The average Bonchev–Trinajstić information content (AvgIpc) is 3.37. The molecule has 9 nitrogen and oxygen atoms in total. The van der Waals surface area contributed by atoms with E-state index in [-0.39, 0.29) is 11.8 Å². The zero-order valence-corrected chi connectivity index (χ0v) is 21.5. The summed E-state index contributed by atoms with van der Waals surface area (Å²) >= 11 is 0. The Bertz CT molecular complexity index is 1350. The highest BCUT2D eigenvalue weighted by Crippen LogP contribution is 2.42. The number of aromatic amines is 1. The van der Waals surface area contributed by atoms with Gasteiger partial charge in [-0.05, 0) is 79.5 Å². The number of amides is 2. The van der Waals surface area contributed by atoms with E-state index < -0.39 is 0 Å². The molecule has 1 aliphatic carbocycles. The molecular formula is C29H33N5O4. The lowest BCUT2D eigenvalue weighted by molar-refractivity contribution is 0.0497. The van der Waals surface area contributed by atoms with Crippen LogP contribution in [0.15, 0.2) is 36.4 Å². The van der Waals surface area contributed by atoms with E-state index in [4.69, 9.17) is 9.47 Å². The van der Waals surface area contributed by atoms with Crippen LogP contribution in [0.5, 0.6) is 5.75 Å². The second-order valence-corrected chi connectivity index (χ2v) is 11.4. The van der Waals surface area contributed by atoms with Gasteiger partial charge in [-0.3, -0.25) is 14.7 Å². The van der Waals surface area contributed by atoms with Gasteiger partial charge in [-0.25, -0.2) is 0 Å². The van der Waals surface area contributed by atoms with Gasteiger partial charge in [0.15, 0.2) is 0 Å². The van der Waals surface area contributed by atoms with E-state index in [0.29, 0.717) is 67.5 Å². The third-order valence-corrected chi connectivity index (χ3v) is 8.68. The highest BCUT2D eigenvalue weighted by Gasteiger charge is 2.43. The van der Waals surface area contributed by atoms with Gasteiger partial charge in [0.05, 0.1) is 12.1 Å². The minimum Gasteiger partial charge on any atom is -0.493 e. The van der Waals surface area contributed by atoms with Gasteiger partial charge in [-0.1, -0.05) is 5.21 Å². The zero-order chi connectivity index (χ0) is 25.6. The molecule has 3 saturated heterocycles. The van der Waals surface area contributed by atoms with Crippen LogP contribution in [0.25, 0.3) is 11.0 Å². The lowest BCUT2D eigenvalue weighted by Crippen LogP contribution is -2.35. The predicted molar refractivity (Wildman–Crippen MR) is 140 cm³/mol. The maximum Gasteiger partial charge on any atom is 0.254 e.